The van der Waals surface area contributed by atoms with E-state index >= 15 is 0 Å². The summed E-state index contributed by atoms with van der Waals surface area (Å²) < 4.78 is 16.3. The first-order chi connectivity index (χ1) is 15.2. The molecular formula is C23H33N5O3. The van der Waals surface area contributed by atoms with Gasteiger partial charge in [-0.05, 0) is 31.2 Å². The van der Waals surface area contributed by atoms with Crippen LogP contribution in [0.2, 0.25) is 0 Å². The zero-order valence-corrected chi connectivity index (χ0v) is 18.9. The molecule has 8 heteroatoms. The molecule has 0 saturated carbocycles. The summed E-state index contributed by atoms with van der Waals surface area (Å²) in [5.74, 6) is 3.29. The number of guanidine groups is 1. The van der Waals surface area contributed by atoms with E-state index in [0.29, 0.717) is 12.4 Å². The highest BCUT2D eigenvalue weighted by molar-refractivity contribution is 5.80. The highest BCUT2D eigenvalue weighted by atomic mass is 16.5. The third-order valence-electron chi connectivity index (χ3n) is 5.33. The van der Waals surface area contributed by atoms with Crippen molar-refractivity contribution in [1.29, 1.82) is 0 Å². The Bertz CT molecular complexity index is 866. The molecule has 1 aliphatic rings. The maximum Gasteiger partial charge on any atom is 0.218 e. The second kappa shape index (κ2) is 11.4. The average Bonchev–Trinajstić information content (AvgIpc) is 2.82. The number of methoxy groups -OCH3 is 3. The van der Waals surface area contributed by atoms with Crippen LogP contribution in [0.25, 0.3) is 0 Å². The number of aromatic nitrogens is 1. The van der Waals surface area contributed by atoms with Gasteiger partial charge in [-0.1, -0.05) is 6.07 Å². The minimum Gasteiger partial charge on any atom is -0.497 e. The van der Waals surface area contributed by atoms with Crippen LogP contribution in [-0.4, -0.2) is 74.8 Å². The monoisotopic (exact) mass is 427 g/mol. The first-order valence-corrected chi connectivity index (χ1v) is 10.6. The van der Waals surface area contributed by atoms with Gasteiger partial charge in [0.25, 0.3) is 0 Å². The predicted molar refractivity (Wildman–Crippen MR) is 122 cm³/mol. The largest absolute Gasteiger partial charge is 0.497 e. The fourth-order valence-corrected chi connectivity index (χ4v) is 3.68. The summed E-state index contributed by atoms with van der Waals surface area (Å²) in [4.78, 5) is 13.8. The zero-order valence-electron chi connectivity index (χ0n) is 18.9. The minimum absolute atomic E-state index is 0.528. The van der Waals surface area contributed by atoms with Gasteiger partial charge < -0.3 is 24.4 Å². The number of aliphatic imine (C=N–C) groups is 1. The van der Waals surface area contributed by atoms with Crippen LogP contribution in [0.3, 0.4) is 0 Å². The minimum atomic E-state index is 0.528. The number of benzene rings is 1. The Morgan fingerprint density at radius 2 is 1.84 bits per heavy atom. The van der Waals surface area contributed by atoms with Crippen molar-refractivity contribution >= 4 is 5.96 Å². The Hall–Kier alpha value is -3.00. The van der Waals surface area contributed by atoms with Gasteiger partial charge in [0.15, 0.2) is 5.96 Å². The van der Waals surface area contributed by atoms with Gasteiger partial charge in [-0.2, -0.15) is 0 Å². The van der Waals surface area contributed by atoms with Crippen LogP contribution in [-0.2, 0) is 13.1 Å². The molecule has 8 nitrogen and oxygen atoms in total. The normalized spacial score (nSPS) is 15.0. The van der Waals surface area contributed by atoms with Crippen LogP contribution < -0.4 is 19.5 Å². The number of rotatable bonds is 8. The molecule has 0 amide bonds. The van der Waals surface area contributed by atoms with E-state index in [-0.39, 0.29) is 0 Å². The summed E-state index contributed by atoms with van der Waals surface area (Å²) in [5, 5.41) is 3.42. The lowest BCUT2D eigenvalue weighted by Crippen LogP contribution is -2.52. The van der Waals surface area contributed by atoms with E-state index in [1.54, 1.807) is 27.5 Å². The van der Waals surface area contributed by atoms with E-state index in [0.717, 1.165) is 67.9 Å². The number of piperazine rings is 1. The molecule has 2 aromatic rings. The van der Waals surface area contributed by atoms with Gasteiger partial charge in [-0.25, -0.2) is 9.98 Å². The van der Waals surface area contributed by atoms with Gasteiger partial charge in [0.05, 0.1) is 27.9 Å². The molecule has 0 unspecified atom stereocenters. The van der Waals surface area contributed by atoms with Crippen LogP contribution in [0.5, 0.6) is 17.4 Å². The van der Waals surface area contributed by atoms with Crippen LogP contribution >= 0.6 is 0 Å². The highest BCUT2D eigenvalue weighted by Gasteiger charge is 2.21. The second-order valence-corrected chi connectivity index (χ2v) is 7.28. The van der Waals surface area contributed by atoms with Crippen molar-refractivity contribution in [2.24, 2.45) is 4.99 Å². The number of ether oxygens (including phenoxy) is 3. The molecule has 1 fully saturated rings. The second-order valence-electron chi connectivity index (χ2n) is 7.28. The van der Waals surface area contributed by atoms with E-state index < -0.39 is 0 Å². The van der Waals surface area contributed by atoms with Crippen molar-refractivity contribution < 1.29 is 14.2 Å². The van der Waals surface area contributed by atoms with Crippen molar-refractivity contribution in [3.63, 3.8) is 0 Å². The van der Waals surface area contributed by atoms with Crippen molar-refractivity contribution in [2.45, 2.75) is 20.0 Å². The van der Waals surface area contributed by atoms with Gasteiger partial charge in [-0.3, -0.25) is 4.90 Å². The maximum absolute atomic E-state index is 5.53. The number of hydrogen-bond acceptors (Lipinski definition) is 6. The molecule has 0 bridgehead atoms. The quantitative estimate of drug-likeness (QED) is 0.512. The van der Waals surface area contributed by atoms with Crippen molar-refractivity contribution in [3.8, 4) is 17.4 Å². The molecule has 168 valence electrons. The summed E-state index contributed by atoms with van der Waals surface area (Å²) in [7, 11) is 5.03. The fraction of sp³-hybridized carbons (Fsp3) is 0.478. The van der Waals surface area contributed by atoms with E-state index in [2.05, 4.69) is 33.1 Å². The maximum atomic E-state index is 5.53. The zero-order chi connectivity index (χ0) is 22.1. The fourth-order valence-electron chi connectivity index (χ4n) is 3.68. The number of pyridine rings is 1. The van der Waals surface area contributed by atoms with Gasteiger partial charge in [0.1, 0.15) is 11.5 Å². The van der Waals surface area contributed by atoms with E-state index in [9.17, 15) is 0 Å². The summed E-state index contributed by atoms with van der Waals surface area (Å²) in [6.45, 7) is 7.97. The molecule has 1 aliphatic heterocycles. The Morgan fingerprint density at radius 1 is 1.03 bits per heavy atom. The molecule has 2 heterocycles. The van der Waals surface area contributed by atoms with Crippen LogP contribution in [0.4, 0.5) is 0 Å². The summed E-state index contributed by atoms with van der Waals surface area (Å²) in [5.41, 5.74) is 2.11. The number of hydrogen-bond donors (Lipinski definition) is 1. The molecule has 0 radical (unpaired) electrons. The lowest BCUT2D eigenvalue weighted by atomic mass is 10.1. The van der Waals surface area contributed by atoms with Gasteiger partial charge >= 0.3 is 0 Å². The van der Waals surface area contributed by atoms with E-state index in [1.165, 1.54) is 0 Å². The third kappa shape index (κ3) is 6.01. The van der Waals surface area contributed by atoms with Crippen molar-refractivity contribution in [2.75, 3.05) is 54.1 Å². The molecule has 1 aromatic carbocycles. The lowest BCUT2D eigenvalue weighted by Gasteiger charge is -2.36. The van der Waals surface area contributed by atoms with Crippen LogP contribution in [0.1, 0.15) is 18.1 Å². The Morgan fingerprint density at radius 3 is 2.52 bits per heavy atom. The van der Waals surface area contributed by atoms with Crippen molar-refractivity contribution in [3.05, 3.63) is 47.7 Å². The van der Waals surface area contributed by atoms with E-state index in [4.69, 9.17) is 19.2 Å². The van der Waals surface area contributed by atoms with Crippen molar-refractivity contribution in [1.82, 2.24) is 20.1 Å². The molecule has 31 heavy (non-hydrogen) atoms. The predicted octanol–water partition coefficient (Wildman–Crippen LogP) is 2.39. The summed E-state index contributed by atoms with van der Waals surface area (Å²) in [6, 6.07) is 9.85. The topological polar surface area (TPSA) is 71.5 Å². The molecule has 1 N–H and O–H groups in total. The van der Waals surface area contributed by atoms with E-state index in [1.807, 2.05) is 24.3 Å². The number of nitrogens with one attached hydrogen (secondary N) is 1. The number of nitrogens with zero attached hydrogens (tertiary/aromatic N) is 4. The average molecular weight is 428 g/mol. The molecule has 1 aromatic heterocycles. The Labute approximate surface area is 184 Å². The first-order valence-electron chi connectivity index (χ1n) is 10.6. The van der Waals surface area contributed by atoms with Gasteiger partial charge in [0, 0.05) is 56.6 Å². The molecule has 1 saturated heterocycles. The lowest BCUT2D eigenvalue weighted by molar-refractivity contribution is 0.171. The SMILES string of the molecule is CCNC(=NCc1cccnc1OC)N1CCN(Cc2cc(OC)ccc2OC)CC1. The molecule has 0 spiro atoms. The molecule has 3 rings (SSSR count). The molecular weight excluding hydrogens is 394 g/mol. The summed E-state index contributed by atoms with van der Waals surface area (Å²) in [6.07, 6.45) is 1.73. The third-order valence-corrected chi connectivity index (χ3v) is 5.33. The molecule has 0 aliphatic carbocycles. The summed E-state index contributed by atoms with van der Waals surface area (Å²) >= 11 is 0. The standard InChI is InChI=1S/C23H33N5O3/c1-5-24-23(26-16-18-7-6-10-25-22(18)31-4)28-13-11-27(12-14-28)17-19-15-20(29-2)8-9-21(19)30-3/h6-10,15H,5,11-14,16-17H2,1-4H3,(H,24,26). The highest BCUT2D eigenvalue weighted by Crippen LogP contribution is 2.25. The smallest absolute Gasteiger partial charge is 0.218 e. The van der Waals surface area contributed by atoms with Crippen LogP contribution in [0, 0.1) is 0 Å². The Balaban J connectivity index is 1.62. The van der Waals surface area contributed by atoms with Gasteiger partial charge in [-0.15, -0.1) is 0 Å². The van der Waals surface area contributed by atoms with Gasteiger partial charge in [0.2, 0.25) is 5.88 Å². The van der Waals surface area contributed by atoms with Crippen LogP contribution in [0.15, 0.2) is 41.5 Å². The molecule has 0 atom stereocenters. The first kappa shape index (κ1) is 22.7. The Kier molecular flexibility index (Phi) is 8.35.